The van der Waals surface area contributed by atoms with Crippen LogP contribution >= 0.6 is 11.6 Å². The van der Waals surface area contributed by atoms with Gasteiger partial charge in [0.2, 0.25) is 0 Å². The fourth-order valence-corrected chi connectivity index (χ4v) is 4.04. The van der Waals surface area contributed by atoms with E-state index in [0.717, 1.165) is 44.0 Å². The van der Waals surface area contributed by atoms with E-state index in [4.69, 9.17) is 16.3 Å². The number of amides is 1. The summed E-state index contributed by atoms with van der Waals surface area (Å²) in [4.78, 5) is 17.3. The van der Waals surface area contributed by atoms with E-state index in [0.29, 0.717) is 22.9 Å². The van der Waals surface area contributed by atoms with E-state index in [2.05, 4.69) is 16.2 Å². The summed E-state index contributed by atoms with van der Waals surface area (Å²) < 4.78 is 7.67. The number of halogens is 1. The Kier molecular flexibility index (Phi) is 6.59. The second-order valence-corrected chi connectivity index (χ2v) is 8.31. The molecule has 4 rings (SSSR count). The van der Waals surface area contributed by atoms with Crippen LogP contribution < -0.4 is 4.74 Å². The lowest BCUT2D eigenvalue weighted by molar-refractivity contribution is 0.0628. The van der Waals surface area contributed by atoms with E-state index >= 15 is 0 Å². The molecule has 2 aromatic carbocycles. The monoisotopic (exact) mass is 438 g/mol. The maximum Gasteiger partial charge on any atom is 0.253 e. The number of hydrogen-bond donors (Lipinski definition) is 0. The molecule has 1 aliphatic heterocycles. The van der Waals surface area contributed by atoms with Gasteiger partial charge in [0.05, 0.1) is 10.7 Å². The molecule has 0 unspecified atom stereocenters. The number of para-hydroxylation sites is 1. The third-order valence-electron chi connectivity index (χ3n) is 5.57. The zero-order chi connectivity index (χ0) is 21.8. The zero-order valence-electron chi connectivity index (χ0n) is 17.9. The second kappa shape index (κ2) is 9.54. The largest absolute Gasteiger partial charge is 0.487 e. The first-order valence-corrected chi connectivity index (χ1v) is 10.8. The summed E-state index contributed by atoms with van der Waals surface area (Å²) in [7, 11) is 1.95. The normalized spacial score (nSPS) is 14.6. The van der Waals surface area contributed by atoms with Crippen LogP contribution in [0, 0.1) is 6.92 Å². The highest BCUT2D eigenvalue weighted by Gasteiger charge is 2.23. The Balaban J connectivity index is 1.33. The van der Waals surface area contributed by atoms with Crippen LogP contribution in [-0.4, -0.2) is 51.7 Å². The molecule has 1 fully saturated rings. The molecule has 7 heteroatoms. The third-order valence-corrected chi connectivity index (χ3v) is 5.89. The lowest BCUT2D eigenvalue weighted by atomic mass is 10.1. The van der Waals surface area contributed by atoms with Gasteiger partial charge < -0.3 is 9.64 Å². The highest BCUT2D eigenvalue weighted by atomic mass is 35.5. The van der Waals surface area contributed by atoms with Crippen molar-refractivity contribution >= 4 is 17.5 Å². The SMILES string of the molecule is Cc1nn(C)cc1CN1CCN(C(=O)c2cccc(COc3ccccc3Cl)c2)CC1. The highest BCUT2D eigenvalue weighted by molar-refractivity contribution is 6.32. The Labute approximate surface area is 188 Å². The van der Waals surface area contributed by atoms with Gasteiger partial charge in [0.25, 0.3) is 5.91 Å². The average Bonchev–Trinajstić information content (AvgIpc) is 3.10. The first-order valence-electron chi connectivity index (χ1n) is 10.5. The summed E-state index contributed by atoms with van der Waals surface area (Å²) >= 11 is 6.15. The number of hydrogen-bond acceptors (Lipinski definition) is 4. The van der Waals surface area contributed by atoms with Gasteiger partial charge in [0, 0.05) is 57.1 Å². The molecular weight excluding hydrogens is 412 g/mol. The van der Waals surface area contributed by atoms with Gasteiger partial charge in [-0.25, -0.2) is 0 Å². The summed E-state index contributed by atoms with van der Waals surface area (Å²) in [5.74, 6) is 0.706. The fourth-order valence-electron chi connectivity index (χ4n) is 3.85. The van der Waals surface area contributed by atoms with Crippen LogP contribution in [0.15, 0.2) is 54.7 Å². The Morgan fingerprint density at radius 3 is 2.58 bits per heavy atom. The molecule has 0 saturated carbocycles. The Morgan fingerprint density at radius 2 is 1.87 bits per heavy atom. The Morgan fingerprint density at radius 1 is 1.10 bits per heavy atom. The number of carbonyl (C=O) groups is 1. The van der Waals surface area contributed by atoms with E-state index < -0.39 is 0 Å². The van der Waals surface area contributed by atoms with Crippen LogP contribution in [0.5, 0.6) is 5.75 Å². The number of carbonyl (C=O) groups excluding carboxylic acids is 1. The fraction of sp³-hybridized carbons (Fsp3) is 0.333. The van der Waals surface area contributed by atoms with Crippen molar-refractivity contribution in [3.05, 3.63) is 82.1 Å². The molecule has 0 aliphatic carbocycles. The van der Waals surface area contributed by atoms with Gasteiger partial charge in [-0.05, 0) is 36.8 Å². The van der Waals surface area contributed by atoms with Crippen molar-refractivity contribution in [3.63, 3.8) is 0 Å². The maximum absolute atomic E-state index is 13.0. The molecule has 1 aromatic heterocycles. The zero-order valence-corrected chi connectivity index (χ0v) is 18.7. The first kappa shape index (κ1) is 21.4. The van der Waals surface area contributed by atoms with Gasteiger partial charge in [-0.2, -0.15) is 5.10 Å². The maximum atomic E-state index is 13.0. The Bertz CT molecular complexity index is 1060. The van der Waals surface area contributed by atoms with Gasteiger partial charge in [-0.1, -0.05) is 35.9 Å². The summed E-state index contributed by atoms with van der Waals surface area (Å²) in [5.41, 5.74) is 3.94. The van der Waals surface area contributed by atoms with Crippen molar-refractivity contribution in [2.45, 2.75) is 20.1 Å². The second-order valence-electron chi connectivity index (χ2n) is 7.90. The Hall–Kier alpha value is -2.83. The number of aryl methyl sites for hydroxylation is 2. The number of rotatable bonds is 6. The molecule has 0 N–H and O–H groups in total. The topological polar surface area (TPSA) is 50.6 Å². The van der Waals surface area contributed by atoms with Gasteiger partial charge in [-0.3, -0.25) is 14.4 Å². The number of aromatic nitrogens is 2. The van der Waals surface area contributed by atoms with Crippen molar-refractivity contribution in [3.8, 4) is 5.75 Å². The minimum atomic E-state index is 0.0665. The molecule has 31 heavy (non-hydrogen) atoms. The summed E-state index contributed by atoms with van der Waals surface area (Å²) in [6, 6.07) is 15.0. The summed E-state index contributed by atoms with van der Waals surface area (Å²) in [6.45, 7) is 6.43. The number of nitrogens with zero attached hydrogens (tertiary/aromatic N) is 4. The molecule has 6 nitrogen and oxygen atoms in total. The van der Waals surface area contributed by atoms with Crippen LogP contribution in [-0.2, 0) is 20.2 Å². The van der Waals surface area contributed by atoms with Crippen molar-refractivity contribution in [1.82, 2.24) is 19.6 Å². The molecule has 0 radical (unpaired) electrons. The van der Waals surface area contributed by atoms with Crippen molar-refractivity contribution in [1.29, 1.82) is 0 Å². The van der Waals surface area contributed by atoms with E-state index in [-0.39, 0.29) is 5.91 Å². The predicted octanol–water partition coefficient (Wildman–Crippen LogP) is 3.92. The van der Waals surface area contributed by atoms with Gasteiger partial charge in [0.1, 0.15) is 12.4 Å². The van der Waals surface area contributed by atoms with Gasteiger partial charge in [-0.15, -0.1) is 0 Å². The summed E-state index contributed by atoms with van der Waals surface area (Å²) in [6.07, 6.45) is 2.07. The smallest absolute Gasteiger partial charge is 0.253 e. The van der Waals surface area contributed by atoms with Gasteiger partial charge >= 0.3 is 0 Å². The van der Waals surface area contributed by atoms with Crippen LogP contribution in [0.3, 0.4) is 0 Å². The standard InChI is InChI=1S/C24H27ClN4O2/c1-18-21(15-27(2)26-18)16-28-10-12-29(13-11-28)24(30)20-7-5-6-19(14-20)17-31-23-9-4-3-8-22(23)25/h3-9,14-15H,10-13,16-17H2,1-2H3. The highest BCUT2D eigenvalue weighted by Crippen LogP contribution is 2.24. The predicted molar refractivity (Wildman–Crippen MR) is 121 cm³/mol. The van der Waals surface area contributed by atoms with Crippen LogP contribution in [0.1, 0.15) is 27.2 Å². The number of benzene rings is 2. The average molecular weight is 439 g/mol. The van der Waals surface area contributed by atoms with Crippen molar-refractivity contribution < 1.29 is 9.53 Å². The molecule has 162 valence electrons. The van der Waals surface area contributed by atoms with E-state index in [1.165, 1.54) is 5.56 Å². The first-order chi connectivity index (χ1) is 15.0. The molecular formula is C24H27ClN4O2. The lowest BCUT2D eigenvalue weighted by Crippen LogP contribution is -2.48. The van der Waals surface area contributed by atoms with Crippen molar-refractivity contribution in [2.75, 3.05) is 26.2 Å². The number of piperazine rings is 1. The third kappa shape index (κ3) is 5.27. The lowest BCUT2D eigenvalue weighted by Gasteiger charge is -2.34. The molecule has 0 bridgehead atoms. The van der Waals surface area contributed by atoms with Crippen LogP contribution in [0.25, 0.3) is 0 Å². The molecule has 1 saturated heterocycles. The van der Waals surface area contributed by atoms with Gasteiger partial charge in [0.15, 0.2) is 0 Å². The molecule has 3 aromatic rings. The van der Waals surface area contributed by atoms with Crippen molar-refractivity contribution in [2.24, 2.45) is 7.05 Å². The molecule has 1 amide bonds. The van der Waals surface area contributed by atoms with E-state index in [1.807, 2.05) is 66.0 Å². The van der Waals surface area contributed by atoms with E-state index in [1.54, 1.807) is 6.07 Å². The minimum Gasteiger partial charge on any atom is -0.487 e. The summed E-state index contributed by atoms with van der Waals surface area (Å²) in [5, 5.41) is 4.99. The molecule has 1 aliphatic rings. The number of ether oxygens (including phenoxy) is 1. The molecule has 2 heterocycles. The van der Waals surface area contributed by atoms with Crippen LogP contribution in [0.4, 0.5) is 0 Å². The molecule has 0 spiro atoms. The minimum absolute atomic E-state index is 0.0665. The van der Waals surface area contributed by atoms with Crippen LogP contribution in [0.2, 0.25) is 5.02 Å². The molecule has 0 atom stereocenters. The van der Waals surface area contributed by atoms with E-state index in [9.17, 15) is 4.79 Å². The quantitative estimate of drug-likeness (QED) is 0.585.